The molecule has 4 nitrogen and oxygen atoms in total. The van der Waals surface area contributed by atoms with Crippen LogP contribution in [0.2, 0.25) is 0 Å². The Labute approximate surface area is 119 Å². The second-order valence-corrected chi connectivity index (χ2v) is 5.21. The fourth-order valence-corrected chi connectivity index (χ4v) is 2.49. The number of hydrogen-bond donors (Lipinski definition) is 1. The predicted octanol–water partition coefficient (Wildman–Crippen LogP) is 2.50. The second-order valence-electron chi connectivity index (χ2n) is 4.82. The predicted molar refractivity (Wildman–Crippen MR) is 80.8 cm³/mol. The minimum absolute atomic E-state index is 0.208. The van der Waals surface area contributed by atoms with Crippen molar-refractivity contribution < 1.29 is 9.47 Å². The van der Waals surface area contributed by atoms with E-state index in [2.05, 4.69) is 24.1 Å². The molecule has 0 spiro atoms. The highest BCUT2D eigenvalue weighted by atomic mass is 32.1. The van der Waals surface area contributed by atoms with Crippen LogP contribution in [0.4, 0.5) is 5.69 Å². The summed E-state index contributed by atoms with van der Waals surface area (Å²) >= 11 is 5.45. The maximum Gasteiger partial charge on any atom is 0.173 e. The first kappa shape index (κ1) is 14.1. The molecule has 0 amide bonds. The van der Waals surface area contributed by atoms with Crippen LogP contribution in [-0.2, 0) is 4.74 Å². The van der Waals surface area contributed by atoms with Crippen molar-refractivity contribution in [1.29, 1.82) is 0 Å². The number of hydrogen-bond acceptors (Lipinski definition) is 3. The third kappa shape index (κ3) is 3.81. The van der Waals surface area contributed by atoms with E-state index in [4.69, 9.17) is 21.7 Å². The van der Waals surface area contributed by atoms with Crippen LogP contribution in [0.3, 0.4) is 0 Å². The van der Waals surface area contributed by atoms with Gasteiger partial charge in [0, 0.05) is 18.8 Å². The van der Waals surface area contributed by atoms with Crippen molar-refractivity contribution >= 4 is 23.0 Å². The first-order valence-electron chi connectivity index (χ1n) is 6.44. The summed E-state index contributed by atoms with van der Waals surface area (Å²) in [4.78, 5) is 2.15. The van der Waals surface area contributed by atoms with Gasteiger partial charge in [0.05, 0.1) is 19.3 Å². The average Bonchev–Trinajstić information content (AvgIpc) is 2.38. The lowest BCUT2D eigenvalue weighted by atomic mass is 10.2. The molecule has 2 unspecified atom stereocenters. The number of morpholine rings is 1. The van der Waals surface area contributed by atoms with Gasteiger partial charge in [-0.1, -0.05) is 0 Å². The van der Waals surface area contributed by atoms with Crippen LogP contribution in [0, 0.1) is 0 Å². The van der Waals surface area contributed by atoms with E-state index in [1.165, 1.54) is 0 Å². The Hall–Kier alpha value is -1.33. The van der Waals surface area contributed by atoms with Crippen molar-refractivity contribution in [2.45, 2.75) is 26.1 Å². The van der Waals surface area contributed by atoms with Crippen molar-refractivity contribution in [3.05, 3.63) is 24.3 Å². The van der Waals surface area contributed by atoms with Crippen molar-refractivity contribution in [1.82, 2.24) is 4.90 Å². The fraction of sp³-hybridized carbons (Fsp3) is 0.500. The number of rotatable bonds is 2. The molecule has 2 atom stereocenters. The van der Waals surface area contributed by atoms with Crippen LogP contribution in [0.25, 0.3) is 0 Å². The van der Waals surface area contributed by atoms with Gasteiger partial charge in [-0.05, 0) is 50.3 Å². The number of nitrogens with one attached hydrogen (secondary N) is 1. The van der Waals surface area contributed by atoms with Crippen LogP contribution in [0.15, 0.2) is 24.3 Å². The monoisotopic (exact) mass is 280 g/mol. The molecule has 0 saturated carbocycles. The summed E-state index contributed by atoms with van der Waals surface area (Å²) in [6, 6.07) is 7.74. The highest BCUT2D eigenvalue weighted by Crippen LogP contribution is 2.17. The van der Waals surface area contributed by atoms with E-state index >= 15 is 0 Å². The summed E-state index contributed by atoms with van der Waals surface area (Å²) in [5, 5.41) is 3.99. The molecule has 0 aliphatic carbocycles. The first-order valence-corrected chi connectivity index (χ1v) is 6.84. The third-order valence-electron chi connectivity index (χ3n) is 3.05. The van der Waals surface area contributed by atoms with Gasteiger partial charge in [-0.15, -0.1) is 0 Å². The summed E-state index contributed by atoms with van der Waals surface area (Å²) in [6.45, 7) is 5.79. The number of nitrogens with zero attached hydrogens (tertiary/aromatic N) is 1. The molecular weight excluding hydrogens is 260 g/mol. The number of anilines is 1. The van der Waals surface area contributed by atoms with Crippen LogP contribution in [0.5, 0.6) is 5.75 Å². The topological polar surface area (TPSA) is 33.7 Å². The average molecular weight is 280 g/mol. The highest BCUT2D eigenvalue weighted by Gasteiger charge is 2.23. The minimum Gasteiger partial charge on any atom is -0.497 e. The summed E-state index contributed by atoms with van der Waals surface area (Å²) in [6.07, 6.45) is 0.415. The lowest BCUT2D eigenvalue weighted by molar-refractivity contribution is -0.0473. The maximum absolute atomic E-state index is 5.70. The van der Waals surface area contributed by atoms with Gasteiger partial charge < -0.3 is 19.7 Å². The Bertz CT molecular complexity index is 426. The molecule has 5 heteroatoms. The third-order valence-corrected chi connectivity index (χ3v) is 3.41. The smallest absolute Gasteiger partial charge is 0.173 e. The normalized spacial score (nSPS) is 23.0. The van der Waals surface area contributed by atoms with Crippen molar-refractivity contribution in [3.8, 4) is 5.75 Å². The number of methoxy groups -OCH3 is 1. The molecule has 1 N–H and O–H groups in total. The van der Waals surface area contributed by atoms with E-state index < -0.39 is 0 Å². The molecule has 104 valence electrons. The van der Waals surface area contributed by atoms with Crippen LogP contribution in [0.1, 0.15) is 13.8 Å². The largest absolute Gasteiger partial charge is 0.497 e. The number of thiocarbonyl (C=S) groups is 1. The quantitative estimate of drug-likeness (QED) is 0.842. The SMILES string of the molecule is COc1ccc(NC(=S)N2CC(C)OC(C)C2)cc1. The van der Waals surface area contributed by atoms with Crippen molar-refractivity contribution in [3.63, 3.8) is 0 Å². The molecule has 1 aromatic carbocycles. The van der Waals surface area contributed by atoms with E-state index in [0.717, 1.165) is 29.6 Å². The Morgan fingerprint density at radius 2 is 1.84 bits per heavy atom. The minimum atomic E-state index is 0.208. The molecule has 1 saturated heterocycles. The van der Waals surface area contributed by atoms with Crippen LogP contribution >= 0.6 is 12.2 Å². The number of ether oxygens (including phenoxy) is 2. The molecule has 2 rings (SSSR count). The Balaban J connectivity index is 1.96. The van der Waals surface area contributed by atoms with Crippen LogP contribution in [-0.4, -0.2) is 42.4 Å². The number of benzene rings is 1. The van der Waals surface area contributed by atoms with E-state index in [1.807, 2.05) is 24.3 Å². The second kappa shape index (κ2) is 6.21. The summed E-state index contributed by atoms with van der Waals surface area (Å²) in [7, 11) is 1.66. The van der Waals surface area contributed by atoms with Gasteiger partial charge in [0.15, 0.2) is 5.11 Å². The Morgan fingerprint density at radius 1 is 1.26 bits per heavy atom. The van der Waals surface area contributed by atoms with E-state index in [-0.39, 0.29) is 12.2 Å². The van der Waals surface area contributed by atoms with Gasteiger partial charge in [0.2, 0.25) is 0 Å². The van der Waals surface area contributed by atoms with E-state index in [0.29, 0.717) is 0 Å². The fourth-order valence-electron chi connectivity index (χ4n) is 2.22. The molecule has 1 aliphatic heterocycles. The highest BCUT2D eigenvalue weighted by molar-refractivity contribution is 7.80. The lowest BCUT2D eigenvalue weighted by Gasteiger charge is -2.36. The van der Waals surface area contributed by atoms with Gasteiger partial charge in [-0.2, -0.15) is 0 Å². The van der Waals surface area contributed by atoms with Crippen molar-refractivity contribution in [2.24, 2.45) is 0 Å². The zero-order valence-corrected chi connectivity index (χ0v) is 12.4. The molecule has 0 aromatic heterocycles. The molecule has 1 fully saturated rings. The van der Waals surface area contributed by atoms with Crippen LogP contribution < -0.4 is 10.1 Å². The lowest BCUT2D eigenvalue weighted by Crippen LogP contribution is -2.49. The molecule has 19 heavy (non-hydrogen) atoms. The van der Waals surface area contributed by atoms with Crippen molar-refractivity contribution in [2.75, 3.05) is 25.5 Å². The maximum atomic E-state index is 5.70. The van der Waals surface area contributed by atoms with E-state index in [1.54, 1.807) is 7.11 Å². The standard InChI is InChI=1S/C14H20N2O2S/c1-10-8-16(9-11(2)18-10)14(19)15-12-4-6-13(17-3)7-5-12/h4-7,10-11H,8-9H2,1-3H3,(H,15,19). The Kier molecular flexibility index (Phi) is 4.61. The first-order chi connectivity index (χ1) is 9.08. The molecule has 1 aliphatic rings. The van der Waals surface area contributed by atoms with E-state index in [9.17, 15) is 0 Å². The molecule has 1 heterocycles. The molecule has 0 radical (unpaired) electrons. The zero-order chi connectivity index (χ0) is 13.8. The molecular formula is C14H20N2O2S. The zero-order valence-electron chi connectivity index (χ0n) is 11.6. The van der Waals surface area contributed by atoms with Gasteiger partial charge in [0.25, 0.3) is 0 Å². The molecule has 0 bridgehead atoms. The summed E-state index contributed by atoms with van der Waals surface area (Å²) in [5.41, 5.74) is 0.970. The van der Waals surface area contributed by atoms with Gasteiger partial charge in [-0.25, -0.2) is 0 Å². The summed E-state index contributed by atoms with van der Waals surface area (Å²) in [5.74, 6) is 0.838. The Morgan fingerprint density at radius 3 is 2.37 bits per heavy atom. The molecule has 1 aromatic rings. The summed E-state index contributed by atoms with van der Waals surface area (Å²) < 4.78 is 10.8. The van der Waals surface area contributed by atoms with Gasteiger partial charge in [-0.3, -0.25) is 0 Å². The van der Waals surface area contributed by atoms with Gasteiger partial charge in [0.1, 0.15) is 5.75 Å². The van der Waals surface area contributed by atoms with Gasteiger partial charge >= 0.3 is 0 Å².